The summed E-state index contributed by atoms with van der Waals surface area (Å²) in [6.07, 6.45) is 4.20. The number of ether oxygens (including phenoxy) is 2. The summed E-state index contributed by atoms with van der Waals surface area (Å²) in [6, 6.07) is 0.267. The van der Waals surface area contributed by atoms with Crippen LogP contribution < -0.4 is 11.3 Å². The minimum absolute atomic E-state index is 0.0530. The third-order valence-corrected chi connectivity index (χ3v) is 5.66. The van der Waals surface area contributed by atoms with Gasteiger partial charge in [-0.25, -0.2) is 0 Å². The van der Waals surface area contributed by atoms with Crippen molar-refractivity contribution in [3.8, 4) is 0 Å². The van der Waals surface area contributed by atoms with E-state index in [0.29, 0.717) is 5.92 Å². The van der Waals surface area contributed by atoms with Crippen molar-refractivity contribution in [3.05, 3.63) is 0 Å². The fourth-order valence-electron chi connectivity index (χ4n) is 3.85. The van der Waals surface area contributed by atoms with Crippen molar-refractivity contribution < 1.29 is 9.47 Å². The molecule has 2 heterocycles. The maximum absolute atomic E-state index is 6.05. The lowest BCUT2D eigenvalue weighted by molar-refractivity contribution is -0.111. The maximum Gasteiger partial charge on any atom is 0.0939 e. The zero-order valence-electron chi connectivity index (χ0n) is 13.4. The van der Waals surface area contributed by atoms with Gasteiger partial charge in [0, 0.05) is 31.2 Å². The fraction of sp³-hybridized carbons (Fsp3) is 1.00. The van der Waals surface area contributed by atoms with Crippen LogP contribution in [0.15, 0.2) is 0 Å². The monoisotopic (exact) mass is 285 g/mol. The first kappa shape index (κ1) is 16.2. The second-order valence-electron chi connectivity index (χ2n) is 6.84. The van der Waals surface area contributed by atoms with E-state index in [1.165, 1.54) is 0 Å². The molecule has 4 unspecified atom stereocenters. The van der Waals surface area contributed by atoms with Crippen LogP contribution in [-0.4, -0.2) is 56.0 Å². The summed E-state index contributed by atoms with van der Waals surface area (Å²) in [5, 5.41) is 0. The smallest absolute Gasteiger partial charge is 0.0939 e. The number of nitrogens with two attached hydrogens (primary N) is 1. The Hall–Kier alpha value is -0.200. The molecule has 0 aromatic heterocycles. The minimum Gasteiger partial charge on any atom is -0.378 e. The molecule has 0 radical (unpaired) electrons. The minimum atomic E-state index is -0.0566. The predicted molar refractivity (Wildman–Crippen MR) is 80.3 cm³/mol. The summed E-state index contributed by atoms with van der Waals surface area (Å²) in [6.45, 7) is 6.92. The molecule has 2 aliphatic rings. The maximum atomic E-state index is 6.05. The van der Waals surface area contributed by atoms with Gasteiger partial charge in [-0.15, -0.1) is 0 Å². The first-order valence-electron chi connectivity index (χ1n) is 7.83. The number of hydrazine groups is 1. The van der Waals surface area contributed by atoms with Crippen LogP contribution in [0.2, 0.25) is 0 Å². The van der Waals surface area contributed by atoms with E-state index in [-0.39, 0.29) is 17.2 Å². The predicted octanol–water partition coefficient (Wildman–Crippen LogP) is 1.13. The SMILES string of the molecule is CCC(C)(C(NN)C1CCOC2(CCOC2)C1)N(C)C. The molecule has 4 atom stereocenters. The molecule has 5 nitrogen and oxygen atoms in total. The highest BCUT2D eigenvalue weighted by molar-refractivity contribution is 5.01. The van der Waals surface area contributed by atoms with Gasteiger partial charge in [-0.2, -0.15) is 0 Å². The summed E-state index contributed by atoms with van der Waals surface area (Å²) in [5.41, 5.74) is 3.11. The Labute approximate surface area is 123 Å². The molecule has 20 heavy (non-hydrogen) atoms. The number of likely N-dealkylation sites (N-methyl/N-ethyl adjacent to an activating group) is 1. The van der Waals surface area contributed by atoms with E-state index in [9.17, 15) is 0 Å². The van der Waals surface area contributed by atoms with Crippen molar-refractivity contribution in [1.29, 1.82) is 0 Å². The molecule has 3 N–H and O–H groups in total. The number of nitrogens with zero attached hydrogens (tertiary/aromatic N) is 1. The molecule has 0 saturated carbocycles. The normalized spacial score (nSPS) is 35.4. The van der Waals surface area contributed by atoms with Crippen LogP contribution in [0.3, 0.4) is 0 Å². The Bertz CT molecular complexity index is 318. The van der Waals surface area contributed by atoms with Crippen LogP contribution >= 0.6 is 0 Å². The molecule has 2 saturated heterocycles. The molecule has 2 rings (SSSR count). The average molecular weight is 285 g/mol. The van der Waals surface area contributed by atoms with Crippen LogP contribution in [0.5, 0.6) is 0 Å². The number of hydrogen-bond acceptors (Lipinski definition) is 5. The largest absolute Gasteiger partial charge is 0.378 e. The fourth-order valence-corrected chi connectivity index (χ4v) is 3.85. The van der Waals surface area contributed by atoms with Crippen molar-refractivity contribution in [2.75, 3.05) is 33.9 Å². The third-order valence-electron chi connectivity index (χ3n) is 5.66. The van der Waals surface area contributed by atoms with Crippen LogP contribution in [0.4, 0.5) is 0 Å². The Kier molecular flexibility index (Phi) is 5.08. The van der Waals surface area contributed by atoms with Gasteiger partial charge in [0.2, 0.25) is 0 Å². The summed E-state index contributed by atoms with van der Waals surface area (Å²) in [5.74, 6) is 6.47. The zero-order valence-corrected chi connectivity index (χ0v) is 13.4. The van der Waals surface area contributed by atoms with Crippen LogP contribution in [0.1, 0.15) is 39.5 Å². The van der Waals surface area contributed by atoms with Crippen molar-refractivity contribution in [2.45, 2.75) is 56.7 Å². The van der Waals surface area contributed by atoms with E-state index in [1.807, 2.05) is 0 Å². The van der Waals surface area contributed by atoms with Gasteiger partial charge in [0.05, 0.1) is 12.2 Å². The van der Waals surface area contributed by atoms with Gasteiger partial charge >= 0.3 is 0 Å². The van der Waals surface area contributed by atoms with Gasteiger partial charge in [0.25, 0.3) is 0 Å². The highest BCUT2D eigenvalue weighted by Crippen LogP contribution is 2.40. The molecule has 118 valence electrons. The van der Waals surface area contributed by atoms with E-state index in [0.717, 1.165) is 45.5 Å². The van der Waals surface area contributed by atoms with Crippen LogP contribution in [-0.2, 0) is 9.47 Å². The lowest BCUT2D eigenvalue weighted by Crippen LogP contribution is -2.63. The van der Waals surface area contributed by atoms with Crippen molar-refractivity contribution >= 4 is 0 Å². The molecular weight excluding hydrogens is 254 g/mol. The topological polar surface area (TPSA) is 59.8 Å². The van der Waals surface area contributed by atoms with Crippen molar-refractivity contribution in [3.63, 3.8) is 0 Å². The van der Waals surface area contributed by atoms with E-state index in [1.54, 1.807) is 0 Å². The molecule has 2 fully saturated rings. The van der Waals surface area contributed by atoms with Gasteiger partial charge in [0.1, 0.15) is 0 Å². The average Bonchev–Trinajstić information content (AvgIpc) is 2.87. The first-order chi connectivity index (χ1) is 9.47. The highest BCUT2D eigenvalue weighted by Gasteiger charge is 2.47. The Morgan fingerprint density at radius 3 is 2.70 bits per heavy atom. The number of hydrogen-bond donors (Lipinski definition) is 2. The molecule has 0 aromatic carbocycles. The Morgan fingerprint density at radius 1 is 1.45 bits per heavy atom. The quantitative estimate of drug-likeness (QED) is 0.586. The Morgan fingerprint density at radius 2 is 2.20 bits per heavy atom. The van der Waals surface area contributed by atoms with Crippen LogP contribution in [0, 0.1) is 5.92 Å². The van der Waals surface area contributed by atoms with Crippen molar-refractivity contribution in [2.24, 2.45) is 11.8 Å². The highest BCUT2D eigenvalue weighted by atomic mass is 16.6. The zero-order chi connectivity index (χ0) is 14.8. The van der Waals surface area contributed by atoms with Gasteiger partial charge in [-0.1, -0.05) is 6.92 Å². The van der Waals surface area contributed by atoms with Gasteiger partial charge in [-0.05, 0) is 46.2 Å². The summed E-state index contributed by atoms with van der Waals surface area (Å²) < 4.78 is 11.6. The first-order valence-corrected chi connectivity index (χ1v) is 7.83. The molecule has 0 aliphatic carbocycles. The lowest BCUT2D eigenvalue weighted by Gasteiger charge is -2.49. The molecule has 5 heteroatoms. The molecule has 0 bridgehead atoms. The second-order valence-corrected chi connectivity index (χ2v) is 6.84. The van der Waals surface area contributed by atoms with Gasteiger partial charge in [0.15, 0.2) is 0 Å². The summed E-state index contributed by atoms with van der Waals surface area (Å²) >= 11 is 0. The van der Waals surface area contributed by atoms with Crippen molar-refractivity contribution in [1.82, 2.24) is 10.3 Å². The number of rotatable bonds is 5. The van der Waals surface area contributed by atoms with Gasteiger partial charge < -0.3 is 14.4 Å². The lowest BCUT2D eigenvalue weighted by atomic mass is 9.73. The summed E-state index contributed by atoms with van der Waals surface area (Å²) in [7, 11) is 4.28. The molecule has 2 aliphatic heterocycles. The molecular formula is C15H31N3O2. The number of nitrogens with one attached hydrogen (secondary N) is 1. The van der Waals surface area contributed by atoms with Gasteiger partial charge in [-0.3, -0.25) is 11.3 Å². The molecule has 0 amide bonds. The Balaban J connectivity index is 2.14. The second kappa shape index (κ2) is 6.28. The third kappa shape index (κ3) is 2.88. The summed E-state index contributed by atoms with van der Waals surface area (Å²) in [4.78, 5) is 2.30. The van der Waals surface area contributed by atoms with E-state index >= 15 is 0 Å². The van der Waals surface area contributed by atoms with E-state index in [2.05, 4.69) is 38.3 Å². The molecule has 0 aromatic rings. The van der Waals surface area contributed by atoms with Crippen LogP contribution in [0.25, 0.3) is 0 Å². The van der Waals surface area contributed by atoms with E-state index < -0.39 is 0 Å². The molecule has 1 spiro atoms. The standard InChI is InChI=1S/C15H31N3O2/c1-5-14(2,18(3)4)13(17-16)12-6-8-20-15(10-12)7-9-19-11-15/h12-13,17H,5-11,16H2,1-4H3. The van der Waals surface area contributed by atoms with E-state index in [4.69, 9.17) is 15.3 Å².